The minimum Gasteiger partial charge on any atom is -0.435 e. The zero-order chi connectivity index (χ0) is 15.9. The third kappa shape index (κ3) is 4.75. The van der Waals surface area contributed by atoms with E-state index in [9.17, 15) is 18.3 Å². The number of benzene rings is 2. The number of ether oxygens (including phenoxy) is 1. The number of hydrogen-bond donors (Lipinski definition) is 2. The molecule has 1 atom stereocenters. The van der Waals surface area contributed by atoms with Crippen molar-refractivity contribution in [3.63, 3.8) is 0 Å². The van der Waals surface area contributed by atoms with Gasteiger partial charge in [0.2, 0.25) is 0 Å². The SMILES string of the molecule is OC(CNCc1ccccc1F)c1ccc(OC(F)F)cc1. The van der Waals surface area contributed by atoms with Crippen molar-refractivity contribution >= 4 is 0 Å². The molecule has 0 saturated heterocycles. The smallest absolute Gasteiger partial charge is 0.387 e. The molecule has 0 radical (unpaired) electrons. The number of alkyl halides is 2. The van der Waals surface area contributed by atoms with Crippen LogP contribution >= 0.6 is 0 Å². The molecule has 22 heavy (non-hydrogen) atoms. The van der Waals surface area contributed by atoms with Gasteiger partial charge in [0.15, 0.2) is 0 Å². The highest BCUT2D eigenvalue weighted by atomic mass is 19.3. The predicted molar refractivity (Wildman–Crippen MR) is 76.1 cm³/mol. The zero-order valence-corrected chi connectivity index (χ0v) is 11.7. The Hall–Kier alpha value is -2.05. The summed E-state index contributed by atoms with van der Waals surface area (Å²) in [6.45, 7) is -2.38. The van der Waals surface area contributed by atoms with E-state index in [4.69, 9.17) is 0 Å². The number of aliphatic hydroxyl groups excluding tert-OH is 1. The van der Waals surface area contributed by atoms with Crippen molar-refractivity contribution in [2.45, 2.75) is 19.3 Å². The molecule has 6 heteroatoms. The van der Waals surface area contributed by atoms with Crippen LogP contribution in [-0.2, 0) is 6.54 Å². The van der Waals surface area contributed by atoms with Gasteiger partial charge in [-0.25, -0.2) is 4.39 Å². The maximum atomic E-state index is 13.4. The molecule has 0 fully saturated rings. The minimum atomic E-state index is -2.88. The second-order valence-corrected chi connectivity index (χ2v) is 4.69. The van der Waals surface area contributed by atoms with E-state index >= 15 is 0 Å². The van der Waals surface area contributed by atoms with E-state index in [1.165, 1.54) is 30.3 Å². The first-order valence-electron chi connectivity index (χ1n) is 6.73. The van der Waals surface area contributed by atoms with Crippen molar-refractivity contribution < 1.29 is 23.0 Å². The summed E-state index contributed by atoms with van der Waals surface area (Å²) in [4.78, 5) is 0. The first-order chi connectivity index (χ1) is 10.6. The highest BCUT2D eigenvalue weighted by Gasteiger charge is 2.09. The fraction of sp³-hybridized carbons (Fsp3) is 0.250. The van der Waals surface area contributed by atoms with Gasteiger partial charge in [0.05, 0.1) is 6.10 Å². The van der Waals surface area contributed by atoms with Crippen LogP contribution in [0, 0.1) is 5.82 Å². The quantitative estimate of drug-likeness (QED) is 0.825. The average molecular weight is 311 g/mol. The molecule has 0 bridgehead atoms. The Bertz CT molecular complexity index is 590. The lowest BCUT2D eigenvalue weighted by Crippen LogP contribution is -2.21. The van der Waals surface area contributed by atoms with E-state index in [2.05, 4.69) is 10.1 Å². The van der Waals surface area contributed by atoms with Crippen LogP contribution in [0.1, 0.15) is 17.2 Å². The normalized spacial score (nSPS) is 12.4. The van der Waals surface area contributed by atoms with Gasteiger partial charge in [-0.2, -0.15) is 8.78 Å². The van der Waals surface area contributed by atoms with Crippen LogP contribution in [0.25, 0.3) is 0 Å². The number of aliphatic hydroxyl groups is 1. The highest BCUT2D eigenvalue weighted by molar-refractivity contribution is 5.28. The van der Waals surface area contributed by atoms with Crippen molar-refractivity contribution in [3.05, 3.63) is 65.5 Å². The highest BCUT2D eigenvalue weighted by Crippen LogP contribution is 2.19. The van der Waals surface area contributed by atoms with Crippen LogP contribution < -0.4 is 10.1 Å². The third-order valence-electron chi connectivity index (χ3n) is 3.10. The van der Waals surface area contributed by atoms with Gasteiger partial charge < -0.3 is 15.2 Å². The maximum absolute atomic E-state index is 13.4. The van der Waals surface area contributed by atoms with Gasteiger partial charge in [-0.05, 0) is 23.8 Å². The Morgan fingerprint density at radius 1 is 1.05 bits per heavy atom. The molecule has 2 aromatic carbocycles. The molecule has 0 aromatic heterocycles. The van der Waals surface area contributed by atoms with Crippen molar-refractivity contribution in [1.82, 2.24) is 5.32 Å². The van der Waals surface area contributed by atoms with E-state index in [0.29, 0.717) is 11.1 Å². The molecule has 118 valence electrons. The Morgan fingerprint density at radius 3 is 2.36 bits per heavy atom. The molecular formula is C16H16F3NO2. The van der Waals surface area contributed by atoms with Gasteiger partial charge in [-0.15, -0.1) is 0 Å². The first kappa shape index (κ1) is 16.3. The van der Waals surface area contributed by atoms with Crippen LogP contribution in [0.15, 0.2) is 48.5 Å². The van der Waals surface area contributed by atoms with E-state index in [0.717, 1.165) is 0 Å². The lowest BCUT2D eigenvalue weighted by molar-refractivity contribution is -0.0498. The van der Waals surface area contributed by atoms with Crippen molar-refractivity contribution in [2.75, 3.05) is 6.54 Å². The van der Waals surface area contributed by atoms with Crippen molar-refractivity contribution in [2.24, 2.45) is 0 Å². The summed E-state index contributed by atoms with van der Waals surface area (Å²) in [5, 5.41) is 12.9. The predicted octanol–water partition coefficient (Wildman–Crippen LogP) is 3.25. The Balaban J connectivity index is 1.84. The number of halogens is 3. The van der Waals surface area contributed by atoms with E-state index < -0.39 is 12.7 Å². The molecule has 0 aliphatic carbocycles. The average Bonchev–Trinajstić information content (AvgIpc) is 2.49. The molecule has 0 aliphatic heterocycles. The van der Waals surface area contributed by atoms with Gasteiger partial charge in [-0.1, -0.05) is 30.3 Å². The maximum Gasteiger partial charge on any atom is 0.387 e. The molecule has 0 amide bonds. The standard InChI is InChI=1S/C16H16F3NO2/c17-14-4-2-1-3-12(14)9-20-10-15(21)11-5-7-13(8-6-11)22-16(18)19/h1-8,15-16,20-21H,9-10H2. The van der Waals surface area contributed by atoms with E-state index in [-0.39, 0.29) is 24.7 Å². The molecule has 0 saturated carbocycles. The fourth-order valence-corrected chi connectivity index (χ4v) is 1.97. The molecule has 0 aliphatic rings. The molecule has 0 heterocycles. The number of nitrogens with one attached hydrogen (secondary N) is 1. The van der Waals surface area contributed by atoms with Gasteiger partial charge in [-0.3, -0.25) is 0 Å². The number of rotatable bonds is 7. The number of hydrogen-bond acceptors (Lipinski definition) is 3. The first-order valence-corrected chi connectivity index (χ1v) is 6.73. The molecule has 2 rings (SSSR count). The zero-order valence-electron chi connectivity index (χ0n) is 11.7. The third-order valence-corrected chi connectivity index (χ3v) is 3.10. The summed E-state index contributed by atoms with van der Waals surface area (Å²) in [6.07, 6.45) is -0.827. The second kappa shape index (κ2) is 7.82. The topological polar surface area (TPSA) is 41.5 Å². The summed E-state index contributed by atoms with van der Waals surface area (Å²) in [7, 11) is 0. The van der Waals surface area contributed by atoms with Gasteiger partial charge in [0.25, 0.3) is 0 Å². The Morgan fingerprint density at radius 2 is 1.73 bits per heavy atom. The molecule has 0 spiro atoms. The Kier molecular flexibility index (Phi) is 5.80. The summed E-state index contributed by atoms with van der Waals surface area (Å²) < 4.78 is 41.7. The summed E-state index contributed by atoms with van der Waals surface area (Å²) in [6, 6.07) is 12.1. The van der Waals surface area contributed by atoms with Gasteiger partial charge in [0.1, 0.15) is 11.6 Å². The van der Waals surface area contributed by atoms with Crippen molar-refractivity contribution in [1.29, 1.82) is 0 Å². The van der Waals surface area contributed by atoms with Crippen molar-refractivity contribution in [3.8, 4) is 5.75 Å². The molecular weight excluding hydrogens is 295 g/mol. The monoisotopic (exact) mass is 311 g/mol. The van der Waals surface area contributed by atoms with Crippen LogP contribution in [0.3, 0.4) is 0 Å². The van der Waals surface area contributed by atoms with Crippen LogP contribution in [-0.4, -0.2) is 18.3 Å². The summed E-state index contributed by atoms with van der Waals surface area (Å²) >= 11 is 0. The lowest BCUT2D eigenvalue weighted by Gasteiger charge is -2.13. The van der Waals surface area contributed by atoms with Crippen LogP contribution in [0.5, 0.6) is 5.75 Å². The Labute approximate surface area is 126 Å². The summed E-state index contributed by atoms with van der Waals surface area (Å²) in [5.41, 5.74) is 1.07. The van der Waals surface area contributed by atoms with E-state index in [1.807, 2.05) is 0 Å². The summed E-state index contributed by atoms with van der Waals surface area (Å²) in [5.74, 6) is -0.275. The second-order valence-electron chi connectivity index (χ2n) is 4.69. The largest absolute Gasteiger partial charge is 0.435 e. The van der Waals surface area contributed by atoms with Gasteiger partial charge in [0, 0.05) is 18.7 Å². The van der Waals surface area contributed by atoms with Crippen LogP contribution in [0.4, 0.5) is 13.2 Å². The van der Waals surface area contributed by atoms with E-state index in [1.54, 1.807) is 18.2 Å². The molecule has 2 N–H and O–H groups in total. The fourth-order valence-electron chi connectivity index (χ4n) is 1.97. The van der Waals surface area contributed by atoms with Crippen LogP contribution in [0.2, 0.25) is 0 Å². The van der Waals surface area contributed by atoms with Gasteiger partial charge >= 0.3 is 6.61 Å². The molecule has 3 nitrogen and oxygen atoms in total. The minimum absolute atomic E-state index is 0.0327. The molecule has 1 unspecified atom stereocenters. The molecule has 2 aromatic rings. The lowest BCUT2D eigenvalue weighted by atomic mass is 10.1.